The van der Waals surface area contributed by atoms with Gasteiger partial charge in [-0.3, -0.25) is 4.79 Å². The van der Waals surface area contributed by atoms with Gasteiger partial charge in [0.2, 0.25) is 5.91 Å². The predicted molar refractivity (Wildman–Crippen MR) is 61.4 cm³/mol. The molecule has 2 unspecified atom stereocenters. The van der Waals surface area contributed by atoms with Gasteiger partial charge in [0.25, 0.3) is 0 Å². The Morgan fingerprint density at radius 1 is 1.38 bits per heavy atom. The highest BCUT2D eigenvalue weighted by atomic mass is 16.2. The summed E-state index contributed by atoms with van der Waals surface area (Å²) >= 11 is 0. The Balaban J connectivity index is 2.70. The summed E-state index contributed by atoms with van der Waals surface area (Å²) in [6, 6.07) is 8.53. The summed E-state index contributed by atoms with van der Waals surface area (Å²) in [5.41, 5.74) is 7.01. The van der Waals surface area contributed by atoms with Crippen molar-refractivity contribution in [2.24, 2.45) is 5.73 Å². The molecule has 1 amide bonds. The van der Waals surface area contributed by atoms with E-state index in [2.05, 4.69) is 5.32 Å². The first kappa shape index (κ1) is 12.2. The maximum absolute atomic E-state index is 11.4. The van der Waals surface area contributed by atoms with Crippen LogP contribution in [0, 0.1) is 11.3 Å². The monoisotopic (exact) mass is 217 g/mol. The fourth-order valence-corrected chi connectivity index (χ4v) is 1.27. The average Bonchev–Trinajstić information content (AvgIpc) is 2.28. The Morgan fingerprint density at radius 3 is 2.38 bits per heavy atom. The van der Waals surface area contributed by atoms with Crippen LogP contribution in [0.3, 0.4) is 0 Å². The lowest BCUT2D eigenvalue weighted by Gasteiger charge is -2.15. The van der Waals surface area contributed by atoms with Crippen LogP contribution < -0.4 is 11.1 Å². The Morgan fingerprint density at radius 2 is 1.94 bits per heavy atom. The van der Waals surface area contributed by atoms with Gasteiger partial charge in [-0.2, -0.15) is 5.26 Å². The van der Waals surface area contributed by atoms with Crippen molar-refractivity contribution in [1.29, 1.82) is 5.26 Å². The summed E-state index contributed by atoms with van der Waals surface area (Å²) in [6.45, 7) is 3.52. The molecule has 1 rings (SSSR count). The third-order valence-electron chi connectivity index (χ3n) is 2.31. The average molecular weight is 217 g/mol. The van der Waals surface area contributed by atoms with Crippen LogP contribution in [0.5, 0.6) is 0 Å². The van der Waals surface area contributed by atoms with Crippen LogP contribution in [0.25, 0.3) is 0 Å². The van der Waals surface area contributed by atoms with Crippen molar-refractivity contribution in [2.75, 3.05) is 0 Å². The van der Waals surface area contributed by atoms with Gasteiger partial charge >= 0.3 is 0 Å². The second-order valence-electron chi connectivity index (χ2n) is 3.75. The Hall–Kier alpha value is -1.86. The zero-order valence-corrected chi connectivity index (χ0v) is 9.40. The molecular formula is C12H15N3O. The van der Waals surface area contributed by atoms with Crippen LogP contribution >= 0.6 is 0 Å². The lowest BCUT2D eigenvalue weighted by Crippen LogP contribution is -2.39. The third-order valence-corrected chi connectivity index (χ3v) is 2.31. The van der Waals surface area contributed by atoms with Gasteiger partial charge in [0.1, 0.15) is 0 Å². The summed E-state index contributed by atoms with van der Waals surface area (Å²) in [4.78, 5) is 11.4. The van der Waals surface area contributed by atoms with E-state index in [1.165, 1.54) is 0 Å². The molecule has 4 heteroatoms. The van der Waals surface area contributed by atoms with Crippen LogP contribution in [0.4, 0.5) is 0 Å². The number of benzene rings is 1. The summed E-state index contributed by atoms with van der Waals surface area (Å²) in [5, 5.41) is 11.4. The van der Waals surface area contributed by atoms with E-state index in [1.54, 1.807) is 19.1 Å². The van der Waals surface area contributed by atoms with E-state index in [0.29, 0.717) is 5.56 Å². The zero-order chi connectivity index (χ0) is 12.1. The van der Waals surface area contributed by atoms with E-state index >= 15 is 0 Å². The molecule has 0 saturated heterocycles. The number of nitriles is 1. The first-order chi connectivity index (χ1) is 7.54. The number of carbonyl (C=O) groups excluding carboxylic acids is 1. The summed E-state index contributed by atoms with van der Waals surface area (Å²) in [7, 11) is 0. The van der Waals surface area contributed by atoms with Gasteiger partial charge in [0.15, 0.2) is 0 Å². The van der Waals surface area contributed by atoms with Gasteiger partial charge in [-0.25, -0.2) is 0 Å². The maximum Gasteiger partial charge on any atom is 0.237 e. The van der Waals surface area contributed by atoms with Crippen molar-refractivity contribution in [3.8, 4) is 6.07 Å². The van der Waals surface area contributed by atoms with E-state index in [4.69, 9.17) is 11.0 Å². The van der Waals surface area contributed by atoms with Gasteiger partial charge in [-0.15, -0.1) is 0 Å². The molecule has 3 N–H and O–H groups in total. The zero-order valence-electron chi connectivity index (χ0n) is 9.40. The fraction of sp³-hybridized carbons (Fsp3) is 0.333. The molecule has 2 atom stereocenters. The highest BCUT2D eigenvalue weighted by Gasteiger charge is 2.12. The molecule has 0 aliphatic rings. The largest absolute Gasteiger partial charge is 0.348 e. The van der Waals surface area contributed by atoms with E-state index in [0.717, 1.165) is 5.56 Å². The standard InChI is InChI=1S/C12H15N3O/c1-8(14)12(16)15-9(2)11-5-3-10(7-13)4-6-11/h3-6,8-9H,14H2,1-2H3,(H,15,16). The van der Waals surface area contributed by atoms with Crippen molar-refractivity contribution >= 4 is 5.91 Å². The van der Waals surface area contributed by atoms with Gasteiger partial charge in [0.05, 0.1) is 23.7 Å². The van der Waals surface area contributed by atoms with Crippen molar-refractivity contribution in [2.45, 2.75) is 25.9 Å². The van der Waals surface area contributed by atoms with E-state index < -0.39 is 6.04 Å². The minimum Gasteiger partial charge on any atom is -0.348 e. The van der Waals surface area contributed by atoms with Gasteiger partial charge in [-0.1, -0.05) is 12.1 Å². The first-order valence-corrected chi connectivity index (χ1v) is 5.10. The van der Waals surface area contributed by atoms with Crippen LogP contribution in [-0.2, 0) is 4.79 Å². The van der Waals surface area contributed by atoms with Crippen LogP contribution in [-0.4, -0.2) is 11.9 Å². The number of rotatable bonds is 3. The van der Waals surface area contributed by atoms with Crippen molar-refractivity contribution in [3.05, 3.63) is 35.4 Å². The highest BCUT2D eigenvalue weighted by molar-refractivity contribution is 5.81. The summed E-state index contributed by atoms with van der Waals surface area (Å²) < 4.78 is 0. The molecule has 0 radical (unpaired) electrons. The van der Waals surface area contributed by atoms with Crippen LogP contribution in [0.2, 0.25) is 0 Å². The predicted octanol–water partition coefficient (Wildman–Crippen LogP) is 1.08. The molecule has 0 aliphatic carbocycles. The molecule has 0 bridgehead atoms. The smallest absolute Gasteiger partial charge is 0.237 e. The van der Waals surface area contributed by atoms with Crippen LogP contribution in [0.15, 0.2) is 24.3 Å². The van der Waals surface area contributed by atoms with Gasteiger partial charge < -0.3 is 11.1 Å². The van der Waals surface area contributed by atoms with E-state index in [1.807, 2.05) is 25.1 Å². The Labute approximate surface area is 95.1 Å². The van der Waals surface area contributed by atoms with Crippen molar-refractivity contribution < 1.29 is 4.79 Å². The third kappa shape index (κ3) is 3.07. The minimum absolute atomic E-state index is 0.105. The second kappa shape index (κ2) is 5.29. The molecule has 16 heavy (non-hydrogen) atoms. The van der Waals surface area contributed by atoms with Gasteiger partial charge in [0, 0.05) is 0 Å². The summed E-state index contributed by atoms with van der Waals surface area (Å²) in [5.74, 6) is -0.183. The van der Waals surface area contributed by atoms with Crippen molar-refractivity contribution in [1.82, 2.24) is 5.32 Å². The molecule has 0 heterocycles. The highest BCUT2D eigenvalue weighted by Crippen LogP contribution is 2.12. The summed E-state index contributed by atoms with van der Waals surface area (Å²) in [6.07, 6.45) is 0. The van der Waals surface area contributed by atoms with Crippen molar-refractivity contribution in [3.63, 3.8) is 0 Å². The topological polar surface area (TPSA) is 78.9 Å². The number of amides is 1. The second-order valence-corrected chi connectivity index (χ2v) is 3.75. The molecule has 4 nitrogen and oxygen atoms in total. The maximum atomic E-state index is 11.4. The SMILES string of the molecule is CC(N)C(=O)NC(C)c1ccc(C#N)cc1. The molecule has 0 aliphatic heterocycles. The Bertz CT molecular complexity index is 403. The van der Waals surface area contributed by atoms with Crippen LogP contribution in [0.1, 0.15) is 31.0 Å². The number of nitrogens with zero attached hydrogens (tertiary/aromatic N) is 1. The van der Waals surface area contributed by atoms with E-state index in [9.17, 15) is 4.79 Å². The molecule has 1 aromatic carbocycles. The number of carbonyl (C=O) groups is 1. The number of hydrogen-bond donors (Lipinski definition) is 2. The minimum atomic E-state index is -0.513. The molecule has 0 fully saturated rings. The molecule has 84 valence electrons. The molecule has 0 spiro atoms. The normalized spacial score (nSPS) is 13.6. The molecule has 0 saturated carbocycles. The molecular weight excluding hydrogens is 202 g/mol. The number of nitrogens with one attached hydrogen (secondary N) is 1. The lowest BCUT2D eigenvalue weighted by molar-refractivity contribution is -0.122. The molecule has 0 aromatic heterocycles. The quantitative estimate of drug-likeness (QED) is 0.795. The lowest BCUT2D eigenvalue weighted by atomic mass is 10.1. The first-order valence-electron chi connectivity index (χ1n) is 5.10. The molecule has 1 aromatic rings. The van der Waals surface area contributed by atoms with E-state index in [-0.39, 0.29) is 11.9 Å². The van der Waals surface area contributed by atoms with Gasteiger partial charge in [-0.05, 0) is 31.5 Å². The fourth-order valence-electron chi connectivity index (χ4n) is 1.27. The number of nitrogens with two attached hydrogens (primary N) is 1. The Kier molecular flexibility index (Phi) is 4.03. The number of hydrogen-bond acceptors (Lipinski definition) is 3.